The Kier molecular flexibility index (Phi) is 4.54. The van der Waals surface area contributed by atoms with Crippen LogP contribution in [0.2, 0.25) is 0 Å². The summed E-state index contributed by atoms with van der Waals surface area (Å²) in [5, 5.41) is 2.59. The molecule has 1 aromatic rings. The molecule has 1 aromatic carbocycles. The van der Waals surface area contributed by atoms with Crippen molar-refractivity contribution in [3.05, 3.63) is 29.8 Å². The lowest BCUT2D eigenvalue weighted by molar-refractivity contribution is -0.0370. The second kappa shape index (κ2) is 6.58. The Morgan fingerprint density at radius 3 is 2.77 bits per heavy atom. The zero-order valence-corrected chi connectivity index (χ0v) is 12.3. The van der Waals surface area contributed by atoms with Crippen molar-refractivity contribution in [1.29, 1.82) is 0 Å². The van der Waals surface area contributed by atoms with Gasteiger partial charge in [0.1, 0.15) is 11.6 Å². The summed E-state index contributed by atoms with van der Waals surface area (Å²) >= 11 is 0. The van der Waals surface area contributed by atoms with Gasteiger partial charge >= 0.3 is 0 Å². The lowest BCUT2D eigenvalue weighted by atomic mass is 10.2. The number of fused-ring (bicyclic) bond motifs is 2. The Balaban J connectivity index is 1.49. The Morgan fingerprint density at radius 2 is 2.05 bits per heavy atom. The van der Waals surface area contributed by atoms with Crippen LogP contribution in [0.25, 0.3) is 0 Å². The molecule has 2 aliphatic heterocycles. The largest absolute Gasteiger partial charge is 0.372 e. The van der Waals surface area contributed by atoms with E-state index in [1.54, 1.807) is 0 Å². The lowest BCUT2D eigenvalue weighted by Gasteiger charge is -2.31. The number of anilines is 1. The van der Waals surface area contributed by atoms with Crippen molar-refractivity contribution in [2.24, 2.45) is 10.7 Å². The molecule has 2 unspecified atom stereocenters. The molecule has 2 heterocycles. The average Bonchev–Trinajstić information content (AvgIpc) is 2.82. The molecule has 22 heavy (non-hydrogen) atoms. The first-order valence-electron chi connectivity index (χ1n) is 7.50. The predicted octanol–water partition coefficient (Wildman–Crippen LogP) is 1.55. The molecule has 2 saturated heterocycles. The van der Waals surface area contributed by atoms with Gasteiger partial charge in [-0.25, -0.2) is 8.78 Å². The first kappa shape index (κ1) is 15.2. The van der Waals surface area contributed by atoms with Crippen molar-refractivity contribution in [3.63, 3.8) is 0 Å². The van der Waals surface area contributed by atoms with Crippen LogP contribution in [-0.4, -0.2) is 49.2 Å². The van der Waals surface area contributed by atoms with Gasteiger partial charge < -0.3 is 15.8 Å². The number of likely N-dealkylation sites (tertiary alicyclic amines) is 1. The summed E-state index contributed by atoms with van der Waals surface area (Å²) in [6, 6.07) is 3.16. The molecule has 2 fully saturated rings. The van der Waals surface area contributed by atoms with Crippen molar-refractivity contribution < 1.29 is 13.5 Å². The summed E-state index contributed by atoms with van der Waals surface area (Å²) in [6.45, 7) is 3.15. The highest BCUT2D eigenvalue weighted by Gasteiger charge is 2.33. The summed E-state index contributed by atoms with van der Waals surface area (Å²) in [7, 11) is 0. The fraction of sp³-hybridized carbons (Fsp3) is 0.533. The third-order valence-corrected chi connectivity index (χ3v) is 4.01. The summed E-state index contributed by atoms with van der Waals surface area (Å²) in [5.74, 6) is -1.01. The van der Waals surface area contributed by atoms with Crippen LogP contribution in [0.4, 0.5) is 14.5 Å². The van der Waals surface area contributed by atoms with Crippen molar-refractivity contribution in [1.82, 2.24) is 4.90 Å². The van der Waals surface area contributed by atoms with Crippen LogP contribution in [0.5, 0.6) is 0 Å². The summed E-state index contributed by atoms with van der Waals surface area (Å²) in [4.78, 5) is 6.48. The molecule has 120 valence electrons. The van der Waals surface area contributed by atoms with Gasteiger partial charge in [-0.2, -0.15) is 0 Å². The predicted molar refractivity (Wildman–Crippen MR) is 80.8 cm³/mol. The Hall–Kier alpha value is -1.73. The van der Waals surface area contributed by atoms with E-state index in [-0.39, 0.29) is 11.6 Å². The molecule has 2 aliphatic rings. The lowest BCUT2D eigenvalue weighted by Crippen LogP contribution is -2.43. The smallest absolute Gasteiger partial charge is 0.193 e. The van der Waals surface area contributed by atoms with Gasteiger partial charge in [0.05, 0.1) is 24.4 Å². The van der Waals surface area contributed by atoms with E-state index < -0.39 is 11.6 Å². The zero-order valence-electron chi connectivity index (χ0n) is 12.3. The minimum Gasteiger partial charge on any atom is -0.372 e. The van der Waals surface area contributed by atoms with Crippen LogP contribution in [0.1, 0.15) is 12.8 Å². The van der Waals surface area contributed by atoms with E-state index in [9.17, 15) is 8.78 Å². The van der Waals surface area contributed by atoms with Crippen molar-refractivity contribution >= 4 is 11.6 Å². The fourth-order valence-corrected chi connectivity index (χ4v) is 2.96. The maximum atomic E-state index is 13.5. The van der Waals surface area contributed by atoms with Gasteiger partial charge in [0, 0.05) is 25.7 Å². The molecule has 0 aliphatic carbocycles. The van der Waals surface area contributed by atoms with Gasteiger partial charge in [0.15, 0.2) is 5.96 Å². The summed E-state index contributed by atoms with van der Waals surface area (Å²) in [6.07, 6.45) is 2.96. The van der Waals surface area contributed by atoms with Crippen LogP contribution in [0.3, 0.4) is 0 Å². The number of aliphatic imine (C=N–C) groups is 1. The molecule has 7 heteroatoms. The number of hydrogen-bond donors (Lipinski definition) is 2. The molecule has 3 rings (SSSR count). The standard InChI is InChI=1S/C15H20F2N4O/c16-10-1-4-13(17)14(7-10)20-15(18)19-5-6-21-8-11-2-3-12(9-21)22-11/h1,4,7,11-12H,2-3,5-6,8-9H2,(H3,18,19,20). The Morgan fingerprint density at radius 1 is 1.32 bits per heavy atom. The van der Waals surface area contributed by atoms with E-state index in [4.69, 9.17) is 10.5 Å². The zero-order chi connectivity index (χ0) is 15.5. The molecule has 0 spiro atoms. The first-order chi connectivity index (χ1) is 10.6. The number of hydrogen-bond acceptors (Lipinski definition) is 3. The molecular formula is C15H20F2N4O. The summed E-state index contributed by atoms with van der Waals surface area (Å²) < 4.78 is 32.3. The SMILES string of the molecule is NC(=NCCN1CC2CCC(C1)O2)Nc1cc(F)ccc1F. The van der Waals surface area contributed by atoms with E-state index >= 15 is 0 Å². The molecule has 0 radical (unpaired) electrons. The van der Waals surface area contributed by atoms with Crippen LogP contribution in [0, 0.1) is 11.6 Å². The molecule has 5 nitrogen and oxygen atoms in total. The summed E-state index contributed by atoms with van der Waals surface area (Å²) in [5.41, 5.74) is 5.71. The number of benzene rings is 1. The Labute approximate surface area is 128 Å². The van der Waals surface area contributed by atoms with Gasteiger partial charge in [-0.05, 0) is 25.0 Å². The van der Waals surface area contributed by atoms with E-state index in [2.05, 4.69) is 15.2 Å². The molecule has 0 amide bonds. The molecule has 2 bridgehead atoms. The van der Waals surface area contributed by atoms with Crippen LogP contribution in [0.15, 0.2) is 23.2 Å². The minimum absolute atomic E-state index is 0.00864. The number of morpholine rings is 1. The minimum atomic E-state index is -0.565. The van der Waals surface area contributed by atoms with Crippen molar-refractivity contribution in [3.8, 4) is 0 Å². The average molecular weight is 310 g/mol. The van der Waals surface area contributed by atoms with Gasteiger partial charge in [-0.15, -0.1) is 0 Å². The maximum Gasteiger partial charge on any atom is 0.193 e. The van der Waals surface area contributed by atoms with Crippen molar-refractivity contribution in [2.75, 3.05) is 31.5 Å². The quantitative estimate of drug-likeness (QED) is 0.654. The number of nitrogens with two attached hydrogens (primary N) is 1. The molecular weight excluding hydrogens is 290 g/mol. The van der Waals surface area contributed by atoms with Crippen LogP contribution in [-0.2, 0) is 4.74 Å². The molecule has 0 saturated carbocycles. The highest BCUT2D eigenvalue weighted by Crippen LogP contribution is 2.25. The highest BCUT2D eigenvalue weighted by molar-refractivity contribution is 5.92. The van der Waals surface area contributed by atoms with Gasteiger partial charge in [0.25, 0.3) is 0 Å². The third-order valence-electron chi connectivity index (χ3n) is 4.01. The van der Waals surface area contributed by atoms with Gasteiger partial charge in [-0.1, -0.05) is 0 Å². The molecule has 3 N–H and O–H groups in total. The second-order valence-corrected chi connectivity index (χ2v) is 5.73. The third kappa shape index (κ3) is 3.72. The van der Waals surface area contributed by atoms with E-state index in [1.165, 1.54) is 0 Å². The number of ether oxygens (including phenoxy) is 1. The normalized spacial score (nSPS) is 25.5. The van der Waals surface area contributed by atoms with Crippen LogP contribution >= 0.6 is 0 Å². The van der Waals surface area contributed by atoms with E-state index in [1.807, 2.05) is 0 Å². The topological polar surface area (TPSA) is 62.9 Å². The fourth-order valence-electron chi connectivity index (χ4n) is 2.96. The van der Waals surface area contributed by atoms with Gasteiger partial charge in [0.2, 0.25) is 0 Å². The number of rotatable bonds is 4. The Bertz CT molecular complexity index is 554. The maximum absolute atomic E-state index is 13.5. The molecule has 0 aromatic heterocycles. The van der Waals surface area contributed by atoms with E-state index in [0.717, 1.165) is 50.7 Å². The number of guanidine groups is 1. The van der Waals surface area contributed by atoms with Crippen LogP contribution < -0.4 is 11.1 Å². The number of nitrogens with one attached hydrogen (secondary N) is 1. The van der Waals surface area contributed by atoms with Gasteiger partial charge in [-0.3, -0.25) is 9.89 Å². The number of nitrogens with zero attached hydrogens (tertiary/aromatic N) is 2. The monoisotopic (exact) mass is 310 g/mol. The highest BCUT2D eigenvalue weighted by atomic mass is 19.1. The number of halogens is 2. The molecule has 2 atom stereocenters. The van der Waals surface area contributed by atoms with E-state index in [0.29, 0.717) is 18.8 Å². The first-order valence-corrected chi connectivity index (χ1v) is 7.50. The van der Waals surface area contributed by atoms with Crippen molar-refractivity contribution in [2.45, 2.75) is 25.0 Å². The second-order valence-electron chi connectivity index (χ2n) is 5.73.